The van der Waals surface area contributed by atoms with E-state index in [2.05, 4.69) is 53.9 Å². The third-order valence-corrected chi connectivity index (χ3v) is 4.78. The smallest absolute Gasteiger partial charge is 0.195 e. The van der Waals surface area contributed by atoms with Crippen molar-refractivity contribution < 1.29 is 0 Å². The molecule has 5 heteroatoms. The van der Waals surface area contributed by atoms with Gasteiger partial charge in [0.15, 0.2) is 10.6 Å². The quantitative estimate of drug-likeness (QED) is 0.818. The number of hydrogen-bond acceptors (Lipinski definition) is 3. The van der Waals surface area contributed by atoms with Gasteiger partial charge in [0.25, 0.3) is 0 Å². The van der Waals surface area contributed by atoms with Crippen LogP contribution in [0.3, 0.4) is 0 Å². The number of aromatic amines is 1. The van der Waals surface area contributed by atoms with Crippen molar-refractivity contribution >= 4 is 23.6 Å². The van der Waals surface area contributed by atoms with Crippen molar-refractivity contribution in [3.63, 3.8) is 0 Å². The van der Waals surface area contributed by atoms with E-state index in [1.165, 1.54) is 4.88 Å². The molecule has 2 heterocycles. The Kier molecular flexibility index (Phi) is 4.58. The molecule has 104 valence electrons. The van der Waals surface area contributed by atoms with Crippen molar-refractivity contribution in [3.8, 4) is 10.7 Å². The molecule has 0 saturated heterocycles. The summed E-state index contributed by atoms with van der Waals surface area (Å²) in [4.78, 5) is 1.17. The van der Waals surface area contributed by atoms with Gasteiger partial charge in [0.05, 0.1) is 4.88 Å². The lowest BCUT2D eigenvalue weighted by atomic mass is 9.85. The molecule has 0 aliphatic heterocycles. The molecule has 3 nitrogen and oxygen atoms in total. The second-order valence-electron chi connectivity index (χ2n) is 5.59. The molecule has 0 atom stereocenters. The molecule has 2 aromatic rings. The SMILES string of the molecule is CC(C)C(Cn1c(-c2cccs2)n[nH]c1=S)C(C)C. The summed E-state index contributed by atoms with van der Waals surface area (Å²) in [6.45, 7) is 10.0. The summed E-state index contributed by atoms with van der Waals surface area (Å²) < 4.78 is 2.86. The van der Waals surface area contributed by atoms with Crippen LogP contribution in [0.15, 0.2) is 17.5 Å². The van der Waals surface area contributed by atoms with Crippen LogP contribution in [0, 0.1) is 22.5 Å². The summed E-state index contributed by atoms with van der Waals surface area (Å²) in [5, 5.41) is 9.39. The predicted molar refractivity (Wildman–Crippen MR) is 83.9 cm³/mol. The Morgan fingerprint density at radius 1 is 1.32 bits per heavy atom. The third kappa shape index (κ3) is 3.15. The van der Waals surface area contributed by atoms with Crippen LogP contribution >= 0.6 is 23.6 Å². The van der Waals surface area contributed by atoms with E-state index in [1.807, 2.05) is 6.07 Å². The van der Waals surface area contributed by atoms with Crippen LogP contribution in [-0.2, 0) is 6.54 Å². The minimum atomic E-state index is 0.600. The summed E-state index contributed by atoms with van der Waals surface area (Å²) in [6.07, 6.45) is 0. The van der Waals surface area contributed by atoms with E-state index < -0.39 is 0 Å². The van der Waals surface area contributed by atoms with Gasteiger partial charge in [-0.1, -0.05) is 33.8 Å². The molecule has 0 aliphatic rings. The lowest BCUT2D eigenvalue weighted by Crippen LogP contribution is -2.22. The lowest BCUT2D eigenvalue weighted by molar-refractivity contribution is 0.251. The Balaban J connectivity index is 2.35. The highest BCUT2D eigenvalue weighted by Gasteiger charge is 2.21. The van der Waals surface area contributed by atoms with E-state index in [9.17, 15) is 0 Å². The van der Waals surface area contributed by atoms with Gasteiger partial charge in [-0.25, -0.2) is 0 Å². The predicted octanol–water partition coefficient (Wildman–Crippen LogP) is 4.60. The lowest BCUT2D eigenvalue weighted by Gasteiger charge is -2.25. The molecule has 19 heavy (non-hydrogen) atoms. The monoisotopic (exact) mass is 295 g/mol. The minimum absolute atomic E-state index is 0.600. The maximum atomic E-state index is 5.39. The number of nitrogens with zero attached hydrogens (tertiary/aromatic N) is 2. The second kappa shape index (κ2) is 6.01. The molecule has 0 aliphatic carbocycles. The van der Waals surface area contributed by atoms with Crippen LogP contribution in [0.2, 0.25) is 0 Å². The van der Waals surface area contributed by atoms with E-state index in [4.69, 9.17) is 12.2 Å². The first-order valence-corrected chi connectivity index (χ1v) is 7.98. The van der Waals surface area contributed by atoms with E-state index in [0.29, 0.717) is 17.8 Å². The van der Waals surface area contributed by atoms with Gasteiger partial charge in [-0.3, -0.25) is 9.67 Å². The van der Waals surface area contributed by atoms with Crippen LogP contribution < -0.4 is 0 Å². The first-order chi connectivity index (χ1) is 9.00. The van der Waals surface area contributed by atoms with Gasteiger partial charge < -0.3 is 0 Å². The van der Waals surface area contributed by atoms with Gasteiger partial charge in [-0.05, 0) is 41.4 Å². The maximum Gasteiger partial charge on any atom is 0.195 e. The first-order valence-electron chi connectivity index (χ1n) is 6.69. The molecule has 0 spiro atoms. The summed E-state index contributed by atoms with van der Waals surface area (Å²) in [5.74, 6) is 2.83. The molecular formula is C14H21N3S2. The van der Waals surface area contributed by atoms with Gasteiger partial charge in [0.2, 0.25) is 0 Å². The van der Waals surface area contributed by atoms with Gasteiger partial charge in [-0.2, -0.15) is 5.10 Å². The largest absolute Gasteiger partial charge is 0.299 e. The van der Waals surface area contributed by atoms with Crippen LogP contribution in [0.5, 0.6) is 0 Å². The molecule has 1 N–H and O–H groups in total. The van der Waals surface area contributed by atoms with Crippen LogP contribution in [0.4, 0.5) is 0 Å². The average Bonchev–Trinajstić information content (AvgIpc) is 2.94. The molecule has 0 amide bonds. The van der Waals surface area contributed by atoms with Crippen molar-refractivity contribution in [3.05, 3.63) is 22.3 Å². The molecular weight excluding hydrogens is 274 g/mol. The fourth-order valence-corrected chi connectivity index (χ4v) is 3.41. The van der Waals surface area contributed by atoms with Gasteiger partial charge in [0, 0.05) is 6.54 Å². The highest BCUT2D eigenvalue weighted by molar-refractivity contribution is 7.71. The van der Waals surface area contributed by atoms with Crippen LogP contribution in [0.1, 0.15) is 27.7 Å². The molecule has 0 bridgehead atoms. The van der Waals surface area contributed by atoms with Crippen molar-refractivity contribution in [1.29, 1.82) is 0 Å². The van der Waals surface area contributed by atoms with Crippen molar-refractivity contribution in [2.45, 2.75) is 34.2 Å². The topological polar surface area (TPSA) is 33.6 Å². The molecule has 2 aromatic heterocycles. The number of H-pyrrole nitrogens is 1. The zero-order valence-corrected chi connectivity index (χ0v) is 13.5. The van der Waals surface area contributed by atoms with Crippen molar-refractivity contribution in [2.24, 2.45) is 17.8 Å². The average molecular weight is 295 g/mol. The molecule has 0 fully saturated rings. The molecule has 0 saturated carbocycles. The summed E-state index contributed by atoms with van der Waals surface area (Å²) in [7, 11) is 0. The van der Waals surface area contributed by atoms with E-state index in [-0.39, 0.29) is 0 Å². The highest BCUT2D eigenvalue weighted by atomic mass is 32.1. The first kappa shape index (κ1) is 14.5. The Hall–Kier alpha value is -0.940. The molecule has 2 rings (SSSR count). The van der Waals surface area contributed by atoms with Crippen LogP contribution in [0.25, 0.3) is 10.7 Å². The number of aromatic nitrogens is 3. The summed E-state index contributed by atoms with van der Waals surface area (Å²) >= 11 is 7.09. The number of hydrogen-bond donors (Lipinski definition) is 1. The van der Waals surface area contributed by atoms with Gasteiger partial charge in [0.1, 0.15) is 0 Å². The highest BCUT2D eigenvalue weighted by Crippen LogP contribution is 2.27. The van der Waals surface area contributed by atoms with Crippen molar-refractivity contribution in [2.75, 3.05) is 0 Å². The fourth-order valence-electron chi connectivity index (χ4n) is 2.48. The van der Waals surface area contributed by atoms with Gasteiger partial charge in [-0.15, -0.1) is 11.3 Å². The Morgan fingerprint density at radius 2 is 2.00 bits per heavy atom. The number of thiophene rings is 1. The zero-order valence-electron chi connectivity index (χ0n) is 11.9. The molecule has 0 radical (unpaired) electrons. The van der Waals surface area contributed by atoms with Crippen LogP contribution in [-0.4, -0.2) is 14.8 Å². The third-order valence-electron chi connectivity index (χ3n) is 3.61. The standard InChI is InChI=1S/C14H21N3S2/c1-9(2)11(10(3)4)8-17-13(15-16-14(17)18)12-6-5-7-19-12/h5-7,9-11H,8H2,1-4H3,(H,16,18). The van der Waals surface area contributed by atoms with Gasteiger partial charge >= 0.3 is 0 Å². The Bertz CT molecular complexity index is 556. The van der Waals surface area contributed by atoms with E-state index in [1.54, 1.807) is 11.3 Å². The minimum Gasteiger partial charge on any atom is -0.299 e. The summed E-state index contributed by atoms with van der Waals surface area (Å²) in [5.41, 5.74) is 0. The van der Waals surface area contributed by atoms with E-state index >= 15 is 0 Å². The Morgan fingerprint density at radius 3 is 2.53 bits per heavy atom. The molecule has 0 aromatic carbocycles. The maximum absolute atomic E-state index is 5.39. The van der Waals surface area contributed by atoms with E-state index in [0.717, 1.165) is 17.1 Å². The number of nitrogens with one attached hydrogen (secondary N) is 1. The fraction of sp³-hybridized carbons (Fsp3) is 0.571. The normalized spacial score (nSPS) is 11.9. The number of rotatable bonds is 5. The Labute approximate surface area is 123 Å². The zero-order chi connectivity index (χ0) is 14.0. The van der Waals surface area contributed by atoms with Crippen molar-refractivity contribution in [1.82, 2.24) is 14.8 Å². The second-order valence-corrected chi connectivity index (χ2v) is 6.93. The molecule has 0 unspecified atom stereocenters. The summed E-state index contributed by atoms with van der Waals surface area (Å²) in [6, 6.07) is 4.14.